The maximum absolute atomic E-state index is 12.8. The minimum atomic E-state index is 0.0807. The Hall–Kier alpha value is -2.14. The fraction of sp³-hybridized carbons (Fsp3) is 0.368. The lowest BCUT2D eigenvalue weighted by atomic mass is 9.98. The molecule has 0 spiro atoms. The number of amides is 2. The molecule has 2 amide bonds. The Morgan fingerprint density at radius 1 is 1.21 bits per heavy atom. The van der Waals surface area contributed by atoms with Gasteiger partial charge in [0.25, 0.3) is 5.91 Å². The molecule has 0 saturated carbocycles. The summed E-state index contributed by atoms with van der Waals surface area (Å²) in [6.45, 7) is 2.38. The normalized spacial score (nSPS) is 19.8. The number of likely N-dealkylation sites (tertiary alicyclic amines) is 1. The van der Waals surface area contributed by atoms with E-state index in [0.717, 1.165) is 36.5 Å². The highest BCUT2D eigenvalue weighted by Crippen LogP contribution is 2.39. The van der Waals surface area contributed by atoms with E-state index < -0.39 is 0 Å². The molecule has 1 fully saturated rings. The van der Waals surface area contributed by atoms with Gasteiger partial charge >= 0.3 is 0 Å². The summed E-state index contributed by atoms with van der Waals surface area (Å²) in [5.41, 5.74) is 2.25. The van der Waals surface area contributed by atoms with Crippen LogP contribution in [0.15, 0.2) is 41.8 Å². The SMILES string of the molecule is O=C1CCCN1CCC1CN(C(=O)c2cccs2)c2ccccc21. The number of anilines is 1. The molecule has 2 aliphatic heterocycles. The minimum Gasteiger partial charge on any atom is -0.343 e. The average molecular weight is 340 g/mol. The van der Waals surface area contributed by atoms with E-state index in [-0.39, 0.29) is 11.8 Å². The molecular formula is C19H20N2O2S. The Morgan fingerprint density at radius 3 is 2.83 bits per heavy atom. The van der Waals surface area contributed by atoms with Crippen molar-refractivity contribution in [2.24, 2.45) is 0 Å². The van der Waals surface area contributed by atoms with Crippen molar-refractivity contribution < 1.29 is 9.59 Å². The first-order valence-corrected chi connectivity index (χ1v) is 9.34. The van der Waals surface area contributed by atoms with E-state index in [9.17, 15) is 9.59 Å². The highest BCUT2D eigenvalue weighted by Gasteiger charge is 2.33. The van der Waals surface area contributed by atoms with Gasteiger partial charge in [-0.1, -0.05) is 24.3 Å². The number of hydrogen-bond acceptors (Lipinski definition) is 3. The number of para-hydroxylation sites is 1. The van der Waals surface area contributed by atoms with Crippen molar-refractivity contribution >= 4 is 28.8 Å². The van der Waals surface area contributed by atoms with E-state index in [2.05, 4.69) is 6.07 Å². The molecule has 0 N–H and O–H groups in total. The van der Waals surface area contributed by atoms with E-state index in [0.29, 0.717) is 18.9 Å². The van der Waals surface area contributed by atoms with Crippen LogP contribution in [0, 0.1) is 0 Å². The Bertz CT molecular complexity index is 756. The fourth-order valence-corrected chi connectivity index (χ4v) is 4.39. The second kappa shape index (κ2) is 6.40. The molecule has 0 radical (unpaired) electrons. The van der Waals surface area contributed by atoms with Crippen LogP contribution < -0.4 is 4.90 Å². The van der Waals surface area contributed by atoms with E-state index >= 15 is 0 Å². The van der Waals surface area contributed by atoms with Gasteiger partial charge < -0.3 is 9.80 Å². The van der Waals surface area contributed by atoms with Crippen molar-refractivity contribution in [2.75, 3.05) is 24.5 Å². The standard InChI is InChI=1S/C19H20N2O2S/c22-18-8-3-10-20(18)11-9-14-13-21(16-6-2-1-5-15(14)16)19(23)17-7-4-12-24-17/h1-2,4-7,12,14H,3,8-11,13H2. The first kappa shape index (κ1) is 15.4. The van der Waals surface area contributed by atoms with Crippen LogP contribution >= 0.6 is 11.3 Å². The average Bonchev–Trinajstić information content (AvgIpc) is 3.33. The van der Waals surface area contributed by atoms with Gasteiger partial charge in [-0.05, 0) is 35.9 Å². The van der Waals surface area contributed by atoms with Crippen LogP contribution in [0.4, 0.5) is 5.69 Å². The third-order valence-electron chi connectivity index (χ3n) is 4.97. The predicted octanol–water partition coefficient (Wildman–Crippen LogP) is 3.50. The summed E-state index contributed by atoms with van der Waals surface area (Å²) in [4.78, 5) is 29.3. The second-order valence-electron chi connectivity index (χ2n) is 6.42. The zero-order valence-electron chi connectivity index (χ0n) is 13.5. The maximum atomic E-state index is 12.8. The van der Waals surface area contributed by atoms with Crippen molar-refractivity contribution in [3.63, 3.8) is 0 Å². The van der Waals surface area contributed by atoms with Crippen LogP contribution in [0.1, 0.15) is 40.4 Å². The molecule has 0 aliphatic carbocycles. The van der Waals surface area contributed by atoms with Gasteiger partial charge in [-0.25, -0.2) is 0 Å². The van der Waals surface area contributed by atoms with Gasteiger partial charge in [-0.3, -0.25) is 9.59 Å². The highest BCUT2D eigenvalue weighted by molar-refractivity contribution is 7.12. The van der Waals surface area contributed by atoms with Crippen LogP contribution in [0.3, 0.4) is 0 Å². The first-order valence-electron chi connectivity index (χ1n) is 8.46. The zero-order valence-corrected chi connectivity index (χ0v) is 14.3. The van der Waals surface area contributed by atoms with Gasteiger partial charge in [0.2, 0.25) is 5.91 Å². The third-order valence-corrected chi connectivity index (χ3v) is 5.82. The van der Waals surface area contributed by atoms with Crippen molar-refractivity contribution in [3.8, 4) is 0 Å². The molecule has 24 heavy (non-hydrogen) atoms. The molecule has 1 atom stereocenters. The molecule has 1 unspecified atom stereocenters. The predicted molar refractivity (Wildman–Crippen MR) is 95.6 cm³/mol. The van der Waals surface area contributed by atoms with Gasteiger partial charge in [0.15, 0.2) is 0 Å². The van der Waals surface area contributed by atoms with Crippen LogP contribution in [0.25, 0.3) is 0 Å². The molecule has 1 saturated heterocycles. The number of fused-ring (bicyclic) bond motifs is 1. The second-order valence-corrected chi connectivity index (χ2v) is 7.37. The summed E-state index contributed by atoms with van der Waals surface area (Å²) >= 11 is 1.48. The molecule has 124 valence electrons. The number of carbonyl (C=O) groups excluding carboxylic acids is 2. The number of rotatable bonds is 4. The molecule has 4 nitrogen and oxygen atoms in total. The largest absolute Gasteiger partial charge is 0.343 e. The molecule has 3 heterocycles. The van der Waals surface area contributed by atoms with Crippen molar-refractivity contribution in [1.29, 1.82) is 0 Å². The summed E-state index contributed by atoms with van der Waals surface area (Å²) < 4.78 is 0. The van der Waals surface area contributed by atoms with Crippen LogP contribution in [0.2, 0.25) is 0 Å². The summed E-state index contributed by atoms with van der Waals surface area (Å²) in [7, 11) is 0. The highest BCUT2D eigenvalue weighted by atomic mass is 32.1. The third kappa shape index (κ3) is 2.73. The Morgan fingerprint density at radius 2 is 2.08 bits per heavy atom. The topological polar surface area (TPSA) is 40.6 Å². The van der Waals surface area contributed by atoms with E-state index in [4.69, 9.17) is 0 Å². The van der Waals surface area contributed by atoms with Gasteiger partial charge in [0, 0.05) is 37.7 Å². The van der Waals surface area contributed by atoms with Crippen molar-refractivity contribution in [1.82, 2.24) is 4.90 Å². The lowest BCUT2D eigenvalue weighted by Crippen LogP contribution is -2.31. The van der Waals surface area contributed by atoms with E-state index in [1.54, 1.807) is 0 Å². The van der Waals surface area contributed by atoms with E-state index in [1.807, 2.05) is 45.5 Å². The smallest absolute Gasteiger partial charge is 0.268 e. The Kier molecular flexibility index (Phi) is 4.10. The quantitative estimate of drug-likeness (QED) is 0.855. The first-order chi connectivity index (χ1) is 11.7. The summed E-state index contributed by atoms with van der Waals surface area (Å²) in [6, 6.07) is 12.0. The van der Waals surface area contributed by atoms with E-state index in [1.165, 1.54) is 16.9 Å². The molecular weight excluding hydrogens is 320 g/mol. The molecule has 1 aromatic heterocycles. The molecule has 4 rings (SSSR count). The number of hydrogen-bond donors (Lipinski definition) is 0. The summed E-state index contributed by atoms with van der Waals surface area (Å²) in [5, 5.41) is 1.94. The lowest BCUT2D eigenvalue weighted by Gasteiger charge is -2.19. The monoisotopic (exact) mass is 340 g/mol. The van der Waals surface area contributed by atoms with Gasteiger partial charge in [0.05, 0.1) is 4.88 Å². The van der Waals surface area contributed by atoms with Crippen LogP contribution in [0.5, 0.6) is 0 Å². The number of carbonyl (C=O) groups is 2. The number of benzene rings is 1. The van der Waals surface area contributed by atoms with Crippen LogP contribution in [-0.4, -0.2) is 36.3 Å². The van der Waals surface area contributed by atoms with Gasteiger partial charge in [0.1, 0.15) is 0 Å². The number of thiophene rings is 1. The molecule has 5 heteroatoms. The Labute approximate surface area is 145 Å². The summed E-state index contributed by atoms with van der Waals surface area (Å²) in [6.07, 6.45) is 2.57. The van der Waals surface area contributed by atoms with Gasteiger partial charge in [-0.15, -0.1) is 11.3 Å². The van der Waals surface area contributed by atoms with Gasteiger partial charge in [-0.2, -0.15) is 0 Å². The fourth-order valence-electron chi connectivity index (χ4n) is 3.72. The molecule has 2 aliphatic rings. The van der Waals surface area contributed by atoms with Crippen molar-refractivity contribution in [3.05, 3.63) is 52.2 Å². The lowest BCUT2D eigenvalue weighted by molar-refractivity contribution is -0.127. The van der Waals surface area contributed by atoms with Crippen molar-refractivity contribution in [2.45, 2.75) is 25.2 Å². The zero-order chi connectivity index (χ0) is 16.5. The maximum Gasteiger partial charge on any atom is 0.268 e. The molecule has 0 bridgehead atoms. The molecule has 1 aromatic carbocycles. The number of nitrogens with zero attached hydrogens (tertiary/aromatic N) is 2. The minimum absolute atomic E-state index is 0.0807. The Balaban J connectivity index is 1.52. The van der Waals surface area contributed by atoms with Crippen LogP contribution in [-0.2, 0) is 4.79 Å². The summed E-state index contributed by atoms with van der Waals surface area (Å²) in [5.74, 6) is 0.656. The molecule has 2 aromatic rings.